The molecule has 0 heterocycles. The third kappa shape index (κ3) is 5.67. The molecule has 3 heteroatoms. The highest BCUT2D eigenvalue weighted by Gasteiger charge is 2.05. The second kappa shape index (κ2) is 9.29. The first-order valence-corrected chi connectivity index (χ1v) is 6.84. The molecule has 0 aromatic heterocycles. The third-order valence-corrected chi connectivity index (χ3v) is 2.56. The molecular weight excluding hydrogens is 238 g/mol. The van der Waals surface area contributed by atoms with Crippen molar-refractivity contribution >= 4 is 0 Å². The van der Waals surface area contributed by atoms with Gasteiger partial charge in [0, 0.05) is 18.2 Å². The monoisotopic (exact) mass is 261 g/mol. The fourth-order valence-electron chi connectivity index (χ4n) is 1.64. The van der Waals surface area contributed by atoms with E-state index in [9.17, 15) is 0 Å². The molecule has 1 aromatic carbocycles. The number of hydrogen-bond donors (Lipinski definition) is 1. The molecule has 0 atom stereocenters. The summed E-state index contributed by atoms with van der Waals surface area (Å²) in [7, 11) is 0. The SMILES string of the molecule is C#CCOc1cc(OCCC)ccc1CNCCC. The van der Waals surface area contributed by atoms with Gasteiger partial charge < -0.3 is 14.8 Å². The van der Waals surface area contributed by atoms with Gasteiger partial charge in [0.15, 0.2) is 0 Å². The van der Waals surface area contributed by atoms with Gasteiger partial charge in [-0.1, -0.05) is 25.8 Å². The van der Waals surface area contributed by atoms with Crippen molar-refractivity contribution in [2.24, 2.45) is 0 Å². The minimum atomic E-state index is 0.276. The van der Waals surface area contributed by atoms with E-state index in [1.807, 2.05) is 18.2 Å². The largest absolute Gasteiger partial charge is 0.493 e. The van der Waals surface area contributed by atoms with Crippen molar-refractivity contribution in [3.63, 3.8) is 0 Å². The van der Waals surface area contributed by atoms with Crippen molar-refractivity contribution in [3.8, 4) is 23.8 Å². The van der Waals surface area contributed by atoms with Crippen LogP contribution in [-0.2, 0) is 6.54 Å². The van der Waals surface area contributed by atoms with Crippen molar-refractivity contribution in [1.29, 1.82) is 0 Å². The molecule has 3 nitrogen and oxygen atoms in total. The first-order valence-electron chi connectivity index (χ1n) is 6.84. The van der Waals surface area contributed by atoms with Crippen LogP contribution in [-0.4, -0.2) is 19.8 Å². The van der Waals surface area contributed by atoms with E-state index in [0.717, 1.165) is 43.0 Å². The van der Waals surface area contributed by atoms with E-state index in [4.69, 9.17) is 15.9 Å². The zero-order valence-electron chi connectivity index (χ0n) is 11.9. The summed E-state index contributed by atoms with van der Waals surface area (Å²) in [6, 6.07) is 5.91. The Kier molecular flexibility index (Phi) is 7.53. The highest BCUT2D eigenvalue weighted by atomic mass is 16.5. The predicted molar refractivity (Wildman–Crippen MR) is 78.6 cm³/mol. The van der Waals surface area contributed by atoms with E-state index in [-0.39, 0.29) is 6.61 Å². The highest BCUT2D eigenvalue weighted by Crippen LogP contribution is 2.25. The van der Waals surface area contributed by atoms with Gasteiger partial charge in [0.1, 0.15) is 18.1 Å². The van der Waals surface area contributed by atoms with E-state index in [2.05, 4.69) is 25.1 Å². The van der Waals surface area contributed by atoms with Crippen LogP contribution in [0, 0.1) is 12.3 Å². The lowest BCUT2D eigenvalue weighted by Crippen LogP contribution is -2.14. The zero-order valence-corrected chi connectivity index (χ0v) is 11.9. The Balaban J connectivity index is 2.73. The topological polar surface area (TPSA) is 30.5 Å². The summed E-state index contributed by atoms with van der Waals surface area (Å²) in [6.07, 6.45) is 7.34. The van der Waals surface area contributed by atoms with Gasteiger partial charge in [-0.15, -0.1) is 6.42 Å². The predicted octanol–water partition coefficient (Wildman–Crippen LogP) is 2.99. The van der Waals surface area contributed by atoms with Crippen molar-refractivity contribution < 1.29 is 9.47 Å². The van der Waals surface area contributed by atoms with Gasteiger partial charge in [-0.05, 0) is 25.5 Å². The van der Waals surface area contributed by atoms with E-state index >= 15 is 0 Å². The summed E-state index contributed by atoms with van der Waals surface area (Å²) >= 11 is 0. The quantitative estimate of drug-likeness (QED) is 0.547. The molecule has 0 saturated heterocycles. The standard InChI is InChI=1S/C16H23NO2/c1-4-9-17-13-14-7-8-15(18-10-5-2)12-16(14)19-11-6-3/h3,7-8,12,17H,4-5,9-11,13H2,1-2H3. The first kappa shape index (κ1) is 15.4. The van der Waals surface area contributed by atoms with Crippen LogP contribution < -0.4 is 14.8 Å². The number of ether oxygens (including phenoxy) is 2. The Labute approximate surface area is 116 Å². The average Bonchev–Trinajstić information content (AvgIpc) is 2.44. The molecule has 0 aliphatic heterocycles. The van der Waals surface area contributed by atoms with Crippen LogP contribution in [0.25, 0.3) is 0 Å². The molecule has 0 spiro atoms. The molecule has 0 aliphatic rings. The number of benzene rings is 1. The Morgan fingerprint density at radius 3 is 2.74 bits per heavy atom. The number of hydrogen-bond acceptors (Lipinski definition) is 3. The Hall–Kier alpha value is -1.66. The minimum absolute atomic E-state index is 0.276. The lowest BCUT2D eigenvalue weighted by Gasteiger charge is -2.13. The number of terminal acetylenes is 1. The van der Waals surface area contributed by atoms with Crippen LogP contribution in [0.5, 0.6) is 11.5 Å². The maximum atomic E-state index is 5.60. The smallest absolute Gasteiger partial charge is 0.148 e. The molecule has 0 fully saturated rings. The maximum Gasteiger partial charge on any atom is 0.148 e. The van der Waals surface area contributed by atoms with Gasteiger partial charge >= 0.3 is 0 Å². The minimum Gasteiger partial charge on any atom is -0.493 e. The maximum absolute atomic E-state index is 5.60. The molecule has 0 unspecified atom stereocenters. The van der Waals surface area contributed by atoms with Gasteiger partial charge in [-0.25, -0.2) is 0 Å². The fourth-order valence-corrected chi connectivity index (χ4v) is 1.64. The Morgan fingerprint density at radius 2 is 2.05 bits per heavy atom. The zero-order chi connectivity index (χ0) is 13.9. The molecule has 0 bridgehead atoms. The molecular formula is C16H23NO2. The Bertz CT molecular complexity index is 410. The lowest BCUT2D eigenvalue weighted by molar-refractivity contribution is 0.312. The molecule has 104 valence electrons. The van der Waals surface area contributed by atoms with Crippen molar-refractivity contribution in [3.05, 3.63) is 23.8 Å². The molecule has 19 heavy (non-hydrogen) atoms. The number of rotatable bonds is 9. The van der Waals surface area contributed by atoms with Gasteiger partial charge in [-0.2, -0.15) is 0 Å². The first-order chi connectivity index (χ1) is 9.31. The van der Waals surface area contributed by atoms with Crippen molar-refractivity contribution in [2.45, 2.75) is 33.2 Å². The molecule has 1 aromatic rings. The number of nitrogens with one attached hydrogen (secondary N) is 1. The van der Waals surface area contributed by atoms with Crippen molar-refractivity contribution in [2.75, 3.05) is 19.8 Å². The van der Waals surface area contributed by atoms with Gasteiger partial charge in [0.2, 0.25) is 0 Å². The van der Waals surface area contributed by atoms with E-state index in [0.29, 0.717) is 6.61 Å². The van der Waals surface area contributed by atoms with Crippen molar-refractivity contribution in [1.82, 2.24) is 5.32 Å². The lowest BCUT2D eigenvalue weighted by atomic mass is 10.2. The molecule has 0 saturated carbocycles. The summed E-state index contributed by atoms with van der Waals surface area (Å²) in [5.41, 5.74) is 1.10. The molecule has 0 aliphatic carbocycles. The van der Waals surface area contributed by atoms with Crippen LogP contribution in [0.2, 0.25) is 0 Å². The van der Waals surface area contributed by atoms with Gasteiger partial charge in [0.05, 0.1) is 6.61 Å². The van der Waals surface area contributed by atoms with Crippen LogP contribution in [0.3, 0.4) is 0 Å². The van der Waals surface area contributed by atoms with E-state index in [1.165, 1.54) is 0 Å². The van der Waals surface area contributed by atoms with Gasteiger partial charge in [0.25, 0.3) is 0 Å². The molecule has 0 amide bonds. The molecule has 0 radical (unpaired) electrons. The van der Waals surface area contributed by atoms with Crippen LogP contribution in [0.1, 0.15) is 32.3 Å². The van der Waals surface area contributed by atoms with Crippen LogP contribution in [0.15, 0.2) is 18.2 Å². The molecule has 1 N–H and O–H groups in total. The molecule has 1 rings (SSSR count). The Morgan fingerprint density at radius 1 is 1.21 bits per heavy atom. The summed E-state index contributed by atoms with van der Waals surface area (Å²) in [5, 5.41) is 3.36. The summed E-state index contributed by atoms with van der Waals surface area (Å²) < 4.78 is 11.2. The van der Waals surface area contributed by atoms with Crippen LogP contribution >= 0.6 is 0 Å². The fraction of sp³-hybridized carbons (Fsp3) is 0.500. The normalized spacial score (nSPS) is 9.95. The second-order valence-corrected chi connectivity index (χ2v) is 4.29. The average molecular weight is 261 g/mol. The second-order valence-electron chi connectivity index (χ2n) is 4.29. The van der Waals surface area contributed by atoms with E-state index < -0.39 is 0 Å². The van der Waals surface area contributed by atoms with Gasteiger partial charge in [-0.3, -0.25) is 0 Å². The third-order valence-electron chi connectivity index (χ3n) is 2.56. The summed E-state index contributed by atoms with van der Waals surface area (Å²) in [5.74, 6) is 4.12. The highest BCUT2D eigenvalue weighted by molar-refractivity contribution is 5.41. The van der Waals surface area contributed by atoms with E-state index in [1.54, 1.807) is 0 Å². The van der Waals surface area contributed by atoms with Crippen LogP contribution in [0.4, 0.5) is 0 Å². The summed E-state index contributed by atoms with van der Waals surface area (Å²) in [4.78, 5) is 0. The summed E-state index contributed by atoms with van der Waals surface area (Å²) in [6.45, 7) is 6.98.